The Balaban J connectivity index is 2.13. The van der Waals surface area contributed by atoms with Crippen LogP contribution in [0.2, 0.25) is 0 Å². The van der Waals surface area contributed by atoms with Crippen LogP contribution in [0.25, 0.3) is 17.3 Å². The van der Waals surface area contributed by atoms with E-state index in [2.05, 4.69) is 14.7 Å². The molecule has 2 N–H and O–H groups in total. The van der Waals surface area contributed by atoms with Crippen molar-refractivity contribution in [2.75, 3.05) is 11.0 Å². The number of cyclic esters (lactones) is 1. The normalized spacial score (nSPS) is 19.6. The molecule has 10 heteroatoms. The standard InChI is InChI=1S/C21H24FN3O5S/c1-12(2)19-17(9-8-16-10-15(26)11-18(27)30-16)20(13-4-6-14(22)7-5-13)24-21(23-19)25-31(3,28)29/h4-9,12,15-16,26H,10-11H2,1-3H3,(H,23,24,25)/b9-8+/t15-,16+/m1/s1. The fraction of sp³-hybridized carbons (Fsp3) is 0.381. The Morgan fingerprint density at radius 3 is 2.52 bits per heavy atom. The first-order chi connectivity index (χ1) is 14.5. The van der Waals surface area contributed by atoms with Crippen molar-refractivity contribution in [3.63, 3.8) is 0 Å². The van der Waals surface area contributed by atoms with Gasteiger partial charge in [0.2, 0.25) is 16.0 Å². The summed E-state index contributed by atoms with van der Waals surface area (Å²) in [7, 11) is -3.62. The molecular formula is C21H24FN3O5S. The van der Waals surface area contributed by atoms with Crippen LogP contribution in [-0.2, 0) is 19.6 Å². The Hall–Kier alpha value is -2.85. The lowest BCUT2D eigenvalue weighted by Gasteiger charge is -2.23. The maximum Gasteiger partial charge on any atom is 0.309 e. The smallest absolute Gasteiger partial charge is 0.309 e. The maximum absolute atomic E-state index is 13.5. The third kappa shape index (κ3) is 6.08. The quantitative estimate of drug-likeness (QED) is 0.651. The summed E-state index contributed by atoms with van der Waals surface area (Å²) in [6.07, 6.45) is 3.15. The number of anilines is 1. The molecule has 0 amide bonds. The van der Waals surface area contributed by atoms with Gasteiger partial charge in [-0.1, -0.05) is 19.9 Å². The lowest BCUT2D eigenvalue weighted by molar-refractivity contribution is -0.156. The van der Waals surface area contributed by atoms with E-state index in [1.165, 1.54) is 24.3 Å². The zero-order valence-corrected chi connectivity index (χ0v) is 18.2. The topological polar surface area (TPSA) is 118 Å². The van der Waals surface area contributed by atoms with Gasteiger partial charge in [0.15, 0.2) is 0 Å². The number of hydrogen-bond donors (Lipinski definition) is 2. The van der Waals surface area contributed by atoms with Gasteiger partial charge >= 0.3 is 5.97 Å². The van der Waals surface area contributed by atoms with Gasteiger partial charge in [-0.05, 0) is 36.3 Å². The average Bonchev–Trinajstić information content (AvgIpc) is 2.65. The first-order valence-electron chi connectivity index (χ1n) is 9.73. The number of benzene rings is 1. The summed E-state index contributed by atoms with van der Waals surface area (Å²) in [5.74, 6) is -1.11. The molecule has 1 fully saturated rings. The first kappa shape index (κ1) is 22.8. The molecular weight excluding hydrogens is 425 g/mol. The largest absolute Gasteiger partial charge is 0.458 e. The number of nitrogens with one attached hydrogen (secondary N) is 1. The molecule has 166 valence electrons. The van der Waals surface area contributed by atoms with Crippen molar-refractivity contribution in [3.05, 3.63) is 47.4 Å². The highest BCUT2D eigenvalue weighted by Crippen LogP contribution is 2.31. The van der Waals surface area contributed by atoms with Crippen LogP contribution in [0.5, 0.6) is 0 Å². The van der Waals surface area contributed by atoms with Crippen molar-refractivity contribution in [2.45, 2.75) is 44.8 Å². The molecule has 0 aliphatic carbocycles. The highest BCUT2D eigenvalue weighted by atomic mass is 32.2. The molecule has 1 saturated heterocycles. The van der Waals surface area contributed by atoms with Gasteiger partial charge in [0.25, 0.3) is 0 Å². The second-order valence-electron chi connectivity index (χ2n) is 7.71. The maximum atomic E-state index is 13.5. The zero-order chi connectivity index (χ0) is 22.8. The molecule has 0 saturated carbocycles. The van der Waals surface area contributed by atoms with E-state index in [9.17, 15) is 22.7 Å². The second-order valence-corrected chi connectivity index (χ2v) is 9.46. The molecule has 0 unspecified atom stereocenters. The SMILES string of the molecule is CC(C)c1nc(NS(C)(=O)=O)nc(-c2ccc(F)cc2)c1/C=C/[C@H]1C[C@@H](O)CC(=O)O1. The lowest BCUT2D eigenvalue weighted by Crippen LogP contribution is -2.31. The van der Waals surface area contributed by atoms with Crippen LogP contribution in [0.4, 0.5) is 10.3 Å². The number of halogens is 1. The molecule has 2 heterocycles. The van der Waals surface area contributed by atoms with Crippen molar-refractivity contribution < 1.29 is 27.4 Å². The third-order valence-electron chi connectivity index (χ3n) is 4.58. The number of carbonyl (C=O) groups excluding carboxylic acids is 1. The van der Waals surface area contributed by atoms with Crippen molar-refractivity contribution in [3.8, 4) is 11.3 Å². The summed E-state index contributed by atoms with van der Waals surface area (Å²) in [6, 6.07) is 5.63. The van der Waals surface area contributed by atoms with Crippen molar-refractivity contribution in [2.24, 2.45) is 0 Å². The number of esters is 1. The Kier molecular flexibility index (Phi) is 6.71. The van der Waals surface area contributed by atoms with Gasteiger partial charge in [0.1, 0.15) is 11.9 Å². The Morgan fingerprint density at radius 1 is 1.26 bits per heavy atom. The van der Waals surface area contributed by atoms with E-state index in [0.717, 1.165) is 6.26 Å². The summed E-state index contributed by atoms with van der Waals surface area (Å²) in [5.41, 5.74) is 2.09. The number of sulfonamides is 1. The fourth-order valence-corrected chi connectivity index (χ4v) is 3.68. The van der Waals surface area contributed by atoms with E-state index in [4.69, 9.17) is 4.74 Å². The van der Waals surface area contributed by atoms with Gasteiger partial charge in [-0.25, -0.2) is 22.8 Å². The fourth-order valence-electron chi connectivity index (χ4n) is 3.26. The van der Waals surface area contributed by atoms with Crippen LogP contribution in [0, 0.1) is 5.82 Å². The molecule has 3 rings (SSSR count). The van der Waals surface area contributed by atoms with Crippen molar-refractivity contribution >= 4 is 28.0 Å². The first-order valence-corrected chi connectivity index (χ1v) is 11.6. The molecule has 1 aromatic carbocycles. The number of rotatable bonds is 6. The van der Waals surface area contributed by atoms with Crippen LogP contribution in [-0.4, -0.2) is 47.9 Å². The van der Waals surface area contributed by atoms with Crippen LogP contribution < -0.4 is 4.72 Å². The minimum atomic E-state index is -3.62. The third-order valence-corrected chi connectivity index (χ3v) is 5.14. The van der Waals surface area contributed by atoms with Crippen LogP contribution in [0.3, 0.4) is 0 Å². The van der Waals surface area contributed by atoms with Gasteiger partial charge in [0.05, 0.1) is 30.2 Å². The number of ether oxygens (including phenoxy) is 1. The number of carbonyl (C=O) groups is 1. The Bertz CT molecular complexity index is 1100. The summed E-state index contributed by atoms with van der Waals surface area (Å²) in [4.78, 5) is 20.4. The number of hydrogen-bond acceptors (Lipinski definition) is 7. The Labute approximate surface area is 180 Å². The van der Waals surface area contributed by atoms with Gasteiger partial charge in [-0.15, -0.1) is 0 Å². The minimum absolute atomic E-state index is 0.0443. The number of aromatic nitrogens is 2. The Morgan fingerprint density at radius 2 is 1.94 bits per heavy atom. The van der Waals surface area contributed by atoms with E-state index in [-0.39, 0.29) is 24.7 Å². The molecule has 31 heavy (non-hydrogen) atoms. The summed E-state index contributed by atoms with van der Waals surface area (Å²) < 4.78 is 44.5. The molecule has 0 bridgehead atoms. The van der Waals surface area contributed by atoms with E-state index in [1.54, 1.807) is 12.2 Å². The summed E-state index contributed by atoms with van der Waals surface area (Å²) >= 11 is 0. The number of aliphatic hydroxyl groups is 1. The van der Waals surface area contributed by atoms with E-state index < -0.39 is 34.0 Å². The van der Waals surface area contributed by atoms with Crippen LogP contribution >= 0.6 is 0 Å². The van der Waals surface area contributed by atoms with Crippen LogP contribution in [0.15, 0.2) is 30.3 Å². The minimum Gasteiger partial charge on any atom is -0.458 e. The van der Waals surface area contributed by atoms with Gasteiger partial charge in [0, 0.05) is 17.5 Å². The number of aliphatic hydroxyl groups excluding tert-OH is 1. The molecule has 2 atom stereocenters. The zero-order valence-electron chi connectivity index (χ0n) is 17.4. The molecule has 8 nitrogen and oxygen atoms in total. The predicted octanol–water partition coefficient (Wildman–Crippen LogP) is 2.86. The number of nitrogens with zero attached hydrogens (tertiary/aromatic N) is 2. The predicted molar refractivity (Wildman–Crippen MR) is 114 cm³/mol. The van der Waals surface area contributed by atoms with E-state index >= 15 is 0 Å². The summed E-state index contributed by atoms with van der Waals surface area (Å²) in [5, 5.41) is 9.83. The lowest BCUT2D eigenvalue weighted by atomic mass is 9.97. The highest BCUT2D eigenvalue weighted by Gasteiger charge is 2.26. The van der Waals surface area contributed by atoms with Crippen molar-refractivity contribution in [1.82, 2.24) is 9.97 Å². The van der Waals surface area contributed by atoms with Crippen LogP contribution in [0.1, 0.15) is 43.9 Å². The molecule has 1 aliphatic rings. The average molecular weight is 450 g/mol. The monoisotopic (exact) mass is 449 g/mol. The summed E-state index contributed by atoms with van der Waals surface area (Å²) in [6.45, 7) is 3.78. The molecule has 0 radical (unpaired) electrons. The van der Waals surface area contributed by atoms with E-state index in [1.807, 2.05) is 13.8 Å². The van der Waals surface area contributed by atoms with Gasteiger partial charge < -0.3 is 9.84 Å². The second kappa shape index (κ2) is 9.11. The molecule has 1 aliphatic heterocycles. The molecule has 2 aromatic rings. The van der Waals surface area contributed by atoms with E-state index in [0.29, 0.717) is 22.5 Å². The highest BCUT2D eigenvalue weighted by molar-refractivity contribution is 7.91. The molecule has 0 spiro atoms. The van der Waals surface area contributed by atoms with Crippen molar-refractivity contribution in [1.29, 1.82) is 0 Å². The molecule has 1 aromatic heterocycles. The van der Waals surface area contributed by atoms with Gasteiger partial charge in [-0.3, -0.25) is 9.52 Å². The van der Waals surface area contributed by atoms with Gasteiger partial charge in [-0.2, -0.15) is 0 Å².